The van der Waals surface area contributed by atoms with E-state index in [2.05, 4.69) is 33.0 Å². The SMILES string of the molecule is CCCc1noc(CCC(=O)N(C)Cc2cc(Br)cn2C)n1. The number of hydrogen-bond donors (Lipinski definition) is 0. The summed E-state index contributed by atoms with van der Waals surface area (Å²) in [5.41, 5.74) is 1.07. The van der Waals surface area contributed by atoms with E-state index in [9.17, 15) is 4.79 Å². The quantitative estimate of drug-likeness (QED) is 0.753. The highest BCUT2D eigenvalue weighted by molar-refractivity contribution is 9.10. The lowest BCUT2D eigenvalue weighted by Crippen LogP contribution is -2.27. The van der Waals surface area contributed by atoms with Crippen LogP contribution in [0, 0.1) is 0 Å². The van der Waals surface area contributed by atoms with Crippen molar-refractivity contribution in [3.63, 3.8) is 0 Å². The summed E-state index contributed by atoms with van der Waals surface area (Å²) in [6.45, 7) is 2.64. The summed E-state index contributed by atoms with van der Waals surface area (Å²) < 4.78 is 8.16. The molecule has 2 heterocycles. The monoisotopic (exact) mass is 368 g/mol. The summed E-state index contributed by atoms with van der Waals surface area (Å²) in [6.07, 6.45) is 4.61. The number of carbonyl (C=O) groups is 1. The Morgan fingerprint density at radius 2 is 2.23 bits per heavy atom. The molecular formula is C15H21BrN4O2. The number of halogens is 1. The highest BCUT2D eigenvalue weighted by Crippen LogP contribution is 2.15. The van der Waals surface area contributed by atoms with Gasteiger partial charge in [0.2, 0.25) is 11.8 Å². The van der Waals surface area contributed by atoms with Crippen molar-refractivity contribution >= 4 is 21.8 Å². The van der Waals surface area contributed by atoms with E-state index >= 15 is 0 Å². The van der Waals surface area contributed by atoms with E-state index in [1.807, 2.05) is 23.9 Å². The van der Waals surface area contributed by atoms with Gasteiger partial charge in [0.15, 0.2) is 5.82 Å². The van der Waals surface area contributed by atoms with E-state index in [0.717, 1.165) is 23.0 Å². The van der Waals surface area contributed by atoms with Crippen molar-refractivity contribution < 1.29 is 9.32 Å². The zero-order valence-electron chi connectivity index (χ0n) is 13.2. The molecule has 22 heavy (non-hydrogen) atoms. The fourth-order valence-corrected chi connectivity index (χ4v) is 2.75. The van der Waals surface area contributed by atoms with Gasteiger partial charge in [0, 0.05) is 49.7 Å². The van der Waals surface area contributed by atoms with Crippen molar-refractivity contribution in [3.05, 3.63) is 34.1 Å². The third-order valence-corrected chi connectivity index (χ3v) is 3.87. The molecule has 2 aromatic rings. The van der Waals surface area contributed by atoms with Crippen molar-refractivity contribution in [1.29, 1.82) is 0 Å². The molecule has 0 fully saturated rings. The molecule has 0 saturated heterocycles. The van der Waals surface area contributed by atoms with Gasteiger partial charge in [-0.05, 0) is 28.4 Å². The molecule has 120 valence electrons. The third kappa shape index (κ3) is 4.43. The molecule has 0 bridgehead atoms. The first-order chi connectivity index (χ1) is 10.5. The molecule has 0 aliphatic heterocycles. The molecule has 0 N–H and O–H groups in total. The van der Waals surface area contributed by atoms with Gasteiger partial charge in [-0.1, -0.05) is 12.1 Å². The predicted octanol–water partition coefficient (Wildman–Crippen LogP) is 2.71. The zero-order valence-corrected chi connectivity index (χ0v) is 14.8. The molecule has 1 amide bonds. The summed E-state index contributed by atoms with van der Waals surface area (Å²) in [7, 11) is 3.77. The van der Waals surface area contributed by atoms with Gasteiger partial charge in [0.1, 0.15) is 0 Å². The van der Waals surface area contributed by atoms with Crippen molar-refractivity contribution in [2.45, 2.75) is 39.2 Å². The normalized spacial score (nSPS) is 10.9. The van der Waals surface area contributed by atoms with E-state index in [-0.39, 0.29) is 5.91 Å². The van der Waals surface area contributed by atoms with E-state index in [4.69, 9.17) is 4.52 Å². The number of amides is 1. The second kappa shape index (κ2) is 7.58. The summed E-state index contributed by atoms with van der Waals surface area (Å²) in [5.74, 6) is 1.31. The molecule has 0 aliphatic rings. The van der Waals surface area contributed by atoms with Gasteiger partial charge in [0.25, 0.3) is 0 Å². The Morgan fingerprint density at radius 3 is 2.86 bits per heavy atom. The molecule has 0 spiro atoms. The fourth-order valence-electron chi connectivity index (χ4n) is 2.18. The van der Waals surface area contributed by atoms with Gasteiger partial charge in [-0.3, -0.25) is 4.79 Å². The van der Waals surface area contributed by atoms with E-state index in [0.29, 0.717) is 31.1 Å². The van der Waals surface area contributed by atoms with E-state index in [1.54, 1.807) is 11.9 Å². The summed E-state index contributed by atoms with van der Waals surface area (Å²) in [6, 6.07) is 2.01. The van der Waals surface area contributed by atoms with Crippen LogP contribution in [0.15, 0.2) is 21.3 Å². The first-order valence-electron chi connectivity index (χ1n) is 7.35. The van der Waals surface area contributed by atoms with Gasteiger partial charge < -0.3 is 14.0 Å². The van der Waals surface area contributed by atoms with Gasteiger partial charge in [0.05, 0.1) is 6.54 Å². The van der Waals surface area contributed by atoms with Crippen LogP contribution < -0.4 is 0 Å². The summed E-state index contributed by atoms with van der Waals surface area (Å²) >= 11 is 3.43. The lowest BCUT2D eigenvalue weighted by molar-refractivity contribution is -0.130. The molecule has 0 saturated carbocycles. The number of hydrogen-bond acceptors (Lipinski definition) is 4. The average molecular weight is 369 g/mol. The molecule has 6 nitrogen and oxygen atoms in total. The number of rotatable bonds is 7. The first-order valence-corrected chi connectivity index (χ1v) is 8.15. The first kappa shape index (κ1) is 16.7. The summed E-state index contributed by atoms with van der Waals surface area (Å²) in [4.78, 5) is 18.2. The number of aryl methyl sites for hydroxylation is 3. The molecule has 0 unspecified atom stereocenters. The molecular weight excluding hydrogens is 348 g/mol. The molecule has 0 aliphatic carbocycles. The lowest BCUT2D eigenvalue weighted by atomic mass is 10.2. The Hall–Kier alpha value is -1.63. The van der Waals surface area contributed by atoms with Crippen LogP contribution in [0.2, 0.25) is 0 Å². The number of carbonyl (C=O) groups excluding carboxylic acids is 1. The molecule has 7 heteroatoms. The minimum Gasteiger partial charge on any atom is -0.352 e. The van der Waals surface area contributed by atoms with Gasteiger partial charge in [-0.15, -0.1) is 0 Å². The van der Waals surface area contributed by atoms with Crippen molar-refractivity contribution in [1.82, 2.24) is 19.6 Å². The third-order valence-electron chi connectivity index (χ3n) is 3.44. The van der Waals surface area contributed by atoms with Crippen LogP contribution in [-0.4, -0.2) is 32.6 Å². The van der Waals surface area contributed by atoms with Gasteiger partial charge in [-0.2, -0.15) is 4.98 Å². The Labute approximate surface area is 138 Å². The van der Waals surface area contributed by atoms with Crippen LogP contribution in [0.25, 0.3) is 0 Å². The smallest absolute Gasteiger partial charge is 0.227 e. The van der Waals surface area contributed by atoms with Crippen molar-refractivity contribution in [2.75, 3.05) is 7.05 Å². The van der Waals surface area contributed by atoms with Crippen LogP contribution in [0.1, 0.15) is 37.2 Å². The van der Waals surface area contributed by atoms with Crippen LogP contribution >= 0.6 is 15.9 Å². The fraction of sp³-hybridized carbons (Fsp3) is 0.533. The topological polar surface area (TPSA) is 64.2 Å². The molecule has 0 radical (unpaired) electrons. The highest BCUT2D eigenvalue weighted by Gasteiger charge is 2.14. The number of nitrogens with zero attached hydrogens (tertiary/aromatic N) is 4. The minimum absolute atomic E-state index is 0.0626. The van der Waals surface area contributed by atoms with Crippen LogP contribution in [0.5, 0.6) is 0 Å². The Bertz CT molecular complexity index is 635. The maximum absolute atomic E-state index is 12.2. The maximum atomic E-state index is 12.2. The molecule has 2 rings (SSSR count). The van der Waals surface area contributed by atoms with Crippen LogP contribution in [0.4, 0.5) is 0 Å². The van der Waals surface area contributed by atoms with E-state index in [1.165, 1.54) is 0 Å². The van der Waals surface area contributed by atoms with Crippen LogP contribution in [-0.2, 0) is 31.2 Å². The van der Waals surface area contributed by atoms with E-state index < -0.39 is 0 Å². The van der Waals surface area contributed by atoms with Gasteiger partial charge in [-0.25, -0.2) is 0 Å². The van der Waals surface area contributed by atoms with Crippen molar-refractivity contribution in [2.24, 2.45) is 7.05 Å². The number of aromatic nitrogens is 3. The zero-order chi connectivity index (χ0) is 16.1. The standard InChI is InChI=1S/C15H21BrN4O2/c1-4-5-13-17-14(22-18-13)6-7-15(21)20(3)10-12-8-11(16)9-19(12)2/h8-9H,4-7,10H2,1-3H3. The second-order valence-electron chi connectivity index (χ2n) is 5.36. The second-order valence-corrected chi connectivity index (χ2v) is 6.28. The molecule has 0 aromatic carbocycles. The molecule has 0 atom stereocenters. The summed E-state index contributed by atoms with van der Waals surface area (Å²) in [5, 5.41) is 3.89. The Kier molecular flexibility index (Phi) is 5.76. The Balaban J connectivity index is 1.84. The largest absolute Gasteiger partial charge is 0.352 e. The van der Waals surface area contributed by atoms with Crippen molar-refractivity contribution in [3.8, 4) is 0 Å². The van der Waals surface area contributed by atoms with Crippen LogP contribution in [0.3, 0.4) is 0 Å². The maximum Gasteiger partial charge on any atom is 0.227 e. The Morgan fingerprint density at radius 1 is 1.45 bits per heavy atom. The molecule has 2 aromatic heterocycles. The van der Waals surface area contributed by atoms with Gasteiger partial charge >= 0.3 is 0 Å². The lowest BCUT2D eigenvalue weighted by Gasteiger charge is -2.17. The average Bonchev–Trinajstić information content (AvgIpc) is 3.03. The highest BCUT2D eigenvalue weighted by atomic mass is 79.9. The predicted molar refractivity (Wildman–Crippen MR) is 86.2 cm³/mol. The minimum atomic E-state index is 0.0626.